The number of benzene rings is 2. The Morgan fingerprint density at radius 1 is 1.15 bits per heavy atom. The Morgan fingerprint density at radius 2 is 1.96 bits per heavy atom. The van der Waals surface area contributed by atoms with Gasteiger partial charge in [-0.05, 0) is 48.6 Å². The number of amides is 1. The van der Waals surface area contributed by atoms with Crippen molar-refractivity contribution >= 4 is 5.91 Å². The van der Waals surface area contributed by atoms with Crippen LogP contribution in [0.5, 0.6) is 5.75 Å². The first-order chi connectivity index (χ1) is 13.2. The van der Waals surface area contributed by atoms with Gasteiger partial charge in [-0.2, -0.15) is 0 Å². The summed E-state index contributed by atoms with van der Waals surface area (Å²) in [4.78, 5) is 12.8. The second-order valence-corrected chi connectivity index (χ2v) is 7.44. The van der Waals surface area contributed by atoms with Crippen LogP contribution in [0.1, 0.15) is 24.0 Å². The fraction of sp³-hybridized carbons (Fsp3) is 0.409. The number of carbonyl (C=O) groups excluding carboxylic acids is 1. The highest BCUT2D eigenvalue weighted by Crippen LogP contribution is 2.35. The number of fused-ring (bicyclic) bond motifs is 1. The van der Waals surface area contributed by atoms with E-state index in [1.54, 1.807) is 12.1 Å². The number of para-hydroxylation sites is 1. The van der Waals surface area contributed by atoms with E-state index in [1.165, 1.54) is 6.07 Å². The molecule has 1 fully saturated rings. The highest BCUT2D eigenvalue weighted by atomic mass is 19.1. The van der Waals surface area contributed by atoms with Crippen molar-refractivity contribution in [1.82, 2.24) is 5.32 Å². The third kappa shape index (κ3) is 3.83. The van der Waals surface area contributed by atoms with Crippen LogP contribution in [0.25, 0.3) is 0 Å². The smallest absolute Gasteiger partial charge is 0.226 e. The van der Waals surface area contributed by atoms with Gasteiger partial charge in [0.05, 0.1) is 5.92 Å². The van der Waals surface area contributed by atoms with Crippen LogP contribution < -0.4 is 10.1 Å². The topological polar surface area (TPSA) is 47.6 Å². The number of rotatable bonds is 4. The third-order valence-corrected chi connectivity index (χ3v) is 5.74. The summed E-state index contributed by atoms with van der Waals surface area (Å²) < 4.78 is 25.0. The lowest BCUT2D eigenvalue weighted by Gasteiger charge is -2.38. The standard InChI is InChI=1S/C22H24FNO3/c23-19-6-3-5-18(13-19)22(8-10-26-11-9-22)15-24-21(25)17-12-16-4-1-2-7-20(16)27-14-17/h1-7,13,17H,8-12,14-15H2,(H,24,25)/t17-/m1/s1. The average Bonchev–Trinajstić information content (AvgIpc) is 2.72. The minimum absolute atomic E-state index is 0.00762. The Morgan fingerprint density at radius 3 is 2.78 bits per heavy atom. The van der Waals surface area contributed by atoms with Crippen molar-refractivity contribution in [2.75, 3.05) is 26.4 Å². The predicted molar refractivity (Wildman–Crippen MR) is 100 cm³/mol. The number of hydrogen-bond acceptors (Lipinski definition) is 3. The van der Waals surface area contributed by atoms with Gasteiger partial charge in [0.1, 0.15) is 18.2 Å². The maximum atomic E-state index is 13.8. The fourth-order valence-electron chi connectivity index (χ4n) is 4.05. The van der Waals surface area contributed by atoms with Crippen LogP contribution in [0, 0.1) is 11.7 Å². The first-order valence-electron chi connectivity index (χ1n) is 9.48. The van der Waals surface area contributed by atoms with Gasteiger partial charge in [0, 0.05) is 25.2 Å². The van der Waals surface area contributed by atoms with E-state index >= 15 is 0 Å². The Bertz CT molecular complexity index is 817. The molecule has 4 rings (SSSR count). The molecule has 2 aliphatic rings. The summed E-state index contributed by atoms with van der Waals surface area (Å²) in [6.07, 6.45) is 2.21. The molecule has 0 spiro atoms. The zero-order chi connectivity index (χ0) is 18.7. The van der Waals surface area contributed by atoms with Crippen molar-refractivity contribution in [1.29, 1.82) is 0 Å². The lowest BCUT2D eigenvalue weighted by atomic mass is 9.74. The molecule has 1 amide bonds. The molecular weight excluding hydrogens is 345 g/mol. The molecule has 2 aromatic rings. The summed E-state index contributed by atoms with van der Waals surface area (Å²) in [5, 5.41) is 3.11. The van der Waals surface area contributed by atoms with Crippen LogP contribution in [0.4, 0.5) is 4.39 Å². The average molecular weight is 369 g/mol. The van der Waals surface area contributed by atoms with E-state index in [-0.39, 0.29) is 23.1 Å². The molecule has 0 bridgehead atoms. The van der Waals surface area contributed by atoms with E-state index in [0.717, 1.165) is 29.7 Å². The molecule has 1 saturated heterocycles. The van der Waals surface area contributed by atoms with Crippen LogP contribution in [0.15, 0.2) is 48.5 Å². The molecule has 0 aromatic heterocycles. The highest BCUT2D eigenvalue weighted by Gasteiger charge is 2.36. The number of halogens is 1. The van der Waals surface area contributed by atoms with Crippen LogP contribution in [0.2, 0.25) is 0 Å². The molecule has 2 heterocycles. The first kappa shape index (κ1) is 18.0. The van der Waals surface area contributed by atoms with Crippen molar-refractivity contribution in [3.05, 3.63) is 65.5 Å². The second kappa shape index (κ2) is 7.69. The van der Waals surface area contributed by atoms with E-state index in [9.17, 15) is 9.18 Å². The van der Waals surface area contributed by atoms with E-state index in [0.29, 0.717) is 32.8 Å². The molecule has 5 heteroatoms. The molecule has 0 saturated carbocycles. The molecule has 142 valence electrons. The number of nitrogens with one attached hydrogen (secondary N) is 1. The zero-order valence-corrected chi connectivity index (χ0v) is 15.2. The normalized spacial score (nSPS) is 21.0. The predicted octanol–water partition coefficient (Wildman–Crippen LogP) is 3.24. The molecule has 0 unspecified atom stereocenters. The molecule has 0 radical (unpaired) electrons. The van der Waals surface area contributed by atoms with Gasteiger partial charge in [0.15, 0.2) is 0 Å². The van der Waals surface area contributed by atoms with Gasteiger partial charge in [-0.15, -0.1) is 0 Å². The monoisotopic (exact) mass is 369 g/mol. The van der Waals surface area contributed by atoms with Crippen LogP contribution in [-0.4, -0.2) is 32.3 Å². The van der Waals surface area contributed by atoms with E-state index in [4.69, 9.17) is 9.47 Å². The largest absolute Gasteiger partial charge is 0.492 e. The number of hydrogen-bond donors (Lipinski definition) is 1. The van der Waals surface area contributed by atoms with Crippen LogP contribution >= 0.6 is 0 Å². The molecule has 1 atom stereocenters. The lowest BCUT2D eigenvalue weighted by molar-refractivity contribution is -0.126. The second-order valence-electron chi connectivity index (χ2n) is 7.44. The summed E-state index contributed by atoms with van der Waals surface area (Å²) >= 11 is 0. The van der Waals surface area contributed by atoms with Gasteiger partial charge in [-0.25, -0.2) is 4.39 Å². The Labute approximate surface area is 158 Å². The first-order valence-corrected chi connectivity index (χ1v) is 9.48. The number of ether oxygens (including phenoxy) is 2. The summed E-state index contributed by atoms with van der Waals surface area (Å²) in [6, 6.07) is 14.5. The molecule has 27 heavy (non-hydrogen) atoms. The van der Waals surface area contributed by atoms with Crippen molar-refractivity contribution < 1.29 is 18.7 Å². The molecule has 2 aliphatic heterocycles. The third-order valence-electron chi connectivity index (χ3n) is 5.74. The molecule has 1 N–H and O–H groups in total. The summed E-state index contributed by atoms with van der Waals surface area (Å²) in [5.41, 5.74) is 1.70. The van der Waals surface area contributed by atoms with Gasteiger partial charge >= 0.3 is 0 Å². The maximum Gasteiger partial charge on any atom is 0.226 e. The molecule has 4 nitrogen and oxygen atoms in total. The van der Waals surface area contributed by atoms with E-state index < -0.39 is 0 Å². The van der Waals surface area contributed by atoms with Crippen LogP contribution in [-0.2, 0) is 21.4 Å². The maximum absolute atomic E-state index is 13.8. The summed E-state index contributed by atoms with van der Waals surface area (Å²) in [6.45, 7) is 2.11. The molecular formula is C22H24FNO3. The fourth-order valence-corrected chi connectivity index (χ4v) is 4.05. The minimum atomic E-state index is -0.288. The molecule has 2 aromatic carbocycles. The van der Waals surface area contributed by atoms with Crippen molar-refractivity contribution in [3.8, 4) is 5.75 Å². The Hall–Kier alpha value is -2.40. The van der Waals surface area contributed by atoms with Crippen LogP contribution in [0.3, 0.4) is 0 Å². The van der Waals surface area contributed by atoms with E-state index in [1.807, 2.05) is 30.3 Å². The summed E-state index contributed by atoms with van der Waals surface area (Å²) in [7, 11) is 0. The Balaban J connectivity index is 1.46. The zero-order valence-electron chi connectivity index (χ0n) is 15.2. The van der Waals surface area contributed by atoms with Gasteiger partial charge in [0.2, 0.25) is 5.91 Å². The lowest BCUT2D eigenvalue weighted by Crippen LogP contribution is -2.47. The van der Waals surface area contributed by atoms with Crippen molar-refractivity contribution in [3.63, 3.8) is 0 Å². The highest BCUT2D eigenvalue weighted by molar-refractivity contribution is 5.79. The van der Waals surface area contributed by atoms with Gasteiger partial charge in [-0.3, -0.25) is 4.79 Å². The van der Waals surface area contributed by atoms with Gasteiger partial charge in [0.25, 0.3) is 0 Å². The van der Waals surface area contributed by atoms with Gasteiger partial charge in [-0.1, -0.05) is 30.3 Å². The SMILES string of the molecule is O=C(NCC1(c2cccc(F)c2)CCOCC1)[C@H]1COc2ccccc2C1. The number of carbonyl (C=O) groups is 1. The van der Waals surface area contributed by atoms with E-state index in [2.05, 4.69) is 5.32 Å². The quantitative estimate of drug-likeness (QED) is 0.900. The minimum Gasteiger partial charge on any atom is -0.492 e. The van der Waals surface area contributed by atoms with Crippen molar-refractivity contribution in [2.45, 2.75) is 24.7 Å². The van der Waals surface area contributed by atoms with Gasteiger partial charge < -0.3 is 14.8 Å². The Kier molecular flexibility index (Phi) is 5.12. The van der Waals surface area contributed by atoms with Crippen molar-refractivity contribution in [2.24, 2.45) is 5.92 Å². The summed E-state index contributed by atoms with van der Waals surface area (Å²) in [5.74, 6) is 0.403. The molecule has 0 aliphatic carbocycles.